The van der Waals surface area contributed by atoms with Gasteiger partial charge in [-0.1, -0.05) is 31.0 Å². The largest absolute Gasteiger partial charge is 0.493 e. The Kier molecular flexibility index (Phi) is 7.74. The minimum absolute atomic E-state index is 0.0577. The molecular formula is C29H36N6O3. The fraction of sp³-hybridized carbons (Fsp3) is 0.448. The standard InChI is InChI=1S/C29H36N6O3/c1-19-9-10-20(2)28-24(19)16-22(29(36)30-28)17-34(14-13-21-11-12-25(37-3)26(15-21)38-4)18-27-31-32-33-35(27)23-7-5-6-8-23/h9-12,15-16,23H,5-8,13-14,17-18H2,1-4H3,(H,30,36). The quantitative estimate of drug-likeness (QED) is 0.331. The van der Waals surface area contributed by atoms with E-state index >= 15 is 0 Å². The Bertz CT molecular complexity index is 1470. The first-order valence-electron chi connectivity index (χ1n) is 13.3. The van der Waals surface area contributed by atoms with Crippen LogP contribution in [0.3, 0.4) is 0 Å². The summed E-state index contributed by atoms with van der Waals surface area (Å²) in [4.78, 5) is 18.6. The van der Waals surface area contributed by atoms with Gasteiger partial charge in [0, 0.05) is 24.0 Å². The van der Waals surface area contributed by atoms with Gasteiger partial charge in [0.15, 0.2) is 17.3 Å². The molecule has 0 saturated heterocycles. The summed E-state index contributed by atoms with van der Waals surface area (Å²) in [6.07, 6.45) is 5.39. The summed E-state index contributed by atoms with van der Waals surface area (Å²) in [5.41, 5.74) is 4.92. The molecule has 1 fully saturated rings. The van der Waals surface area contributed by atoms with Crippen molar-refractivity contribution in [3.63, 3.8) is 0 Å². The molecule has 1 aliphatic rings. The van der Waals surface area contributed by atoms with Crippen molar-refractivity contribution in [3.8, 4) is 11.5 Å². The van der Waals surface area contributed by atoms with Crippen molar-refractivity contribution in [2.45, 2.75) is 65.1 Å². The Morgan fingerprint density at radius 1 is 1.00 bits per heavy atom. The minimum Gasteiger partial charge on any atom is -0.493 e. The van der Waals surface area contributed by atoms with Gasteiger partial charge in [-0.25, -0.2) is 4.68 Å². The molecule has 0 atom stereocenters. The molecule has 9 heteroatoms. The maximum atomic E-state index is 13.2. The molecule has 1 saturated carbocycles. The van der Waals surface area contributed by atoms with E-state index in [2.05, 4.69) is 44.5 Å². The van der Waals surface area contributed by atoms with E-state index in [9.17, 15) is 4.79 Å². The number of benzene rings is 2. The van der Waals surface area contributed by atoms with Crippen molar-refractivity contribution in [1.29, 1.82) is 0 Å². The zero-order chi connectivity index (χ0) is 26.6. The van der Waals surface area contributed by atoms with Crippen molar-refractivity contribution < 1.29 is 9.47 Å². The van der Waals surface area contributed by atoms with Crippen LogP contribution in [0.5, 0.6) is 11.5 Å². The van der Waals surface area contributed by atoms with Crippen LogP contribution in [0.1, 0.15) is 59.8 Å². The summed E-state index contributed by atoms with van der Waals surface area (Å²) in [7, 11) is 3.28. The number of aromatic nitrogens is 5. The molecule has 1 aliphatic carbocycles. The van der Waals surface area contributed by atoms with Gasteiger partial charge in [0.05, 0.1) is 32.3 Å². The van der Waals surface area contributed by atoms with Crippen LogP contribution in [0.4, 0.5) is 0 Å². The van der Waals surface area contributed by atoms with Crippen LogP contribution >= 0.6 is 0 Å². The smallest absolute Gasteiger partial charge is 0.252 e. The lowest BCUT2D eigenvalue weighted by Gasteiger charge is -2.23. The van der Waals surface area contributed by atoms with E-state index in [0.717, 1.165) is 64.8 Å². The third-order valence-electron chi connectivity index (χ3n) is 7.68. The van der Waals surface area contributed by atoms with E-state index in [1.165, 1.54) is 12.8 Å². The number of aromatic amines is 1. The molecular weight excluding hydrogens is 480 g/mol. The van der Waals surface area contributed by atoms with E-state index in [1.807, 2.05) is 35.9 Å². The molecule has 0 aliphatic heterocycles. The Balaban J connectivity index is 1.44. The second-order valence-electron chi connectivity index (χ2n) is 10.2. The van der Waals surface area contributed by atoms with Crippen LogP contribution in [-0.4, -0.2) is 50.9 Å². The lowest BCUT2D eigenvalue weighted by atomic mass is 10.0. The molecule has 0 amide bonds. The van der Waals surface area contributed by atoms with Crippen molar-refractivity contribution in [2.75, 3.05) is 20.8 Å². The number of hydrogen-bond donors (Lipinski definition) is 1. The molecule has 9 nitrogen and oxygen atoms in total. The van der Waals surface area contributed by atoms with Crippen molar-refractivity contribution in [3.05, 3.63) is 74.8 Å². The summed E-state index contributed by atoms with van der Waals surface area (Å²) < 4.78 is 12.9. The lowest BCUT2D eigenvalue weighted by Crippen LogP contribution is -2.30. The van der Waals surface area contributed by atoms with E-state index in [0.29, 0.717) is 30.6 Å². The van der Waals surface area contributed by atoms with Crippen molar-refractivity contribution in [1.82, 2.24) is 30.1 Å². The highest BCUT2D eigenvalue weighted by molar-refractivity contribution is 5.85. The molecule has 38 heavy (non-hydrogen) atoms. The topological polar surface area (TPSA) is 98.2 Å². The average Bonchev–Trinajstić information content (AvgIpc) is 3.62. The van der Waals surface area contributed by atoms with Crippen LogP contribution in [0.2, 0.25) is 0 Å². The second-order valence-corrected chi connectivity index (χ2v) is 10.2. The summed E-state index contributed by atoms with van der Waals surface area (Å²) in [5, 5.41) is 13.8. The van der Waals surface area contributed by atoms with Gasteiger partial charge in [0.25, 0.3) is 5.56 Å². The number of tetrazole rings is 1. The predicted octanol–water partition coefficient (Wildman–Crippen LogP) is 4.51. The molecule has 2 heterocycles. The fourth-order valence-electron chi connectivity index (χ4n) is 5.46. The fourth-order valence-corrected chi connectivity index (χ4v) is 5.46. The summed E-state index contributed by atoms with van der Waals surface area (Å²) >= 11 is 0. The second kappa shape index (κ2) is 11.3. The highest BCUT2D eigenvalue weighted by atomic mass is 16.5. The molecule has 5 rings (SSSR count). The average molecular weight is 517 g/mol. The normalized spacial score (nSPS) is 14.0. The van der Waals surface area contributed by atoms with Gasteiger partial charge in [-0.3, -0.25) is 9.69 Å². The first kappa shape index (κ1) is 25.9. The van der Waals surface area contributed by atoms with E-state index in [1.54, 1.807) is 14.2 Å². The number of methoxy groups -OCH3 is 2. The van der Waals surface area contributed by atoms with Gasteiger partial charge < -0.3 is 14.5 Å². The number of hydrogen-bond acceptors (Lipinski definition) is 7. The molecule has 0 unspecified atom stereocenters. The molecule has 0 spiro atoms. The van der Waals surface area contributed by atoms with Gasteiger partial charge in [-0.05, 0) is 78.4 Å². The highest BCUT2D eigenvalue weighted by Crippen LogP contribution is 2.30. The number of ether oxygens (including phenoxy) is 2. The summed E-state index contributed by atoms with van der Waals surface area (Å²) in [6.45, 7) is 5.87. The number of nitrogens with zero attached hydrogens (tertiary/aromatic N) is 5. The van der Waals surface area contributed by atoms with Gasteiger partial charge in [0.2, 0.25) is 0 Å². The Morgan fingerprint density at radius 2 is 1.76 bits per heavy atom. The summed E-state index contributed by atoms with van der Waals surface area (Å²) in [6, 6.07) is 12.5. The van der Waals surface area contributed by atoms with Gasteiger partial charge in [0.1, 0.15) is 0 Å². The van der Waals surface area contributed by atoms with Crippen LogP contribution in [0.15, 0.2) is 41.2 Å². The number of H-pyrrole nitrogens is 1. The number of pyridine rings is 1. The molecule has 4 aromatic rings. The lowest BCUT2D eigenvalue weighted by molar-refractivity contribution is 0.243. The van der Waals surface area contributed by atoms with E-state index < -0.39 is 0 Å². The highest BCUT2D eigenvalue weighted by Gasteiger charge is 2.23. The van der Waals surface area contributed by atoms with Gasteiger partial charge >= 0.3 is 0 Å². The molecule has 2 aromatic carbocycles. The van der Waals surface area contributed by atoms with Crippen molar-refractivity contribution in [2.24, 2.45) is 0 Å². The summed E-state index contributed by atoms with van der Waals surface area (Å²) in [5.74, 6) is 2.25. The maximum Gasteiger partial charge on any atom is 0.252 e. The third kappa shape index (κ3) is 5.43. The zero-order valence-corrected chi connectivity index (χ0v) is 22.7. The number of nitrogens with one attached hydrogen (secondary N) is 1. The molecule has 200 valence electrons. The van der Waals surface area contributed by atoms with Crippen LogP contribution in [0, 0.1) is 13.8 Å². The molecule has 0 radical (unpaired) electrons. The first-order valence-corrected chi connectivity index (χ1v) is 13.3. The van der Waals surface area contributed by atoms with Gasteiger partial charge in [-0.15, -0.1) is 5.10 Å². The molecule has 0 bridgehead atoms. The van der Waals surface area contributed by atoms with Crippen molar-refractivity contribution >= 4 is 10.9 Å². The zero-order valence-electron chi connectivity index (χ0n) is 22.7. The van der Waals surface area contributed by atoms with Crippen LogP contribution in [-0.2, 0) is 19.5 Å². The van der Waals surface area contributed by atoms with E-state index in [-0.39, 0.29) is 5.56 Å². The monoisotopic (exact) mass is 516 g/mol. The Morgan fingerprint density at radius 3 is 2.53 bits per heavy atom. The predicted molar refractivity (Wildman–Crippen MR) is 147 cm³/mol. The molecule has 2 aromatic heterocycles. The Labute approximate surface area is 222 Å². The van der Waals surface area contributed by atoms with Gasteiger partial charge in [-0.2, -0.15) is 0 Å². The van der Waals surface area contributed by atoms with E-state index in [4.69, 9.17) is 9.47 Å². The molecule has 1 N–H and O–H groups in total. The van der Waals surface area contributed by atoms with Crippen LogP contribution in [0.25, 0.3) is 10.9 Å². The maximum absolute atomic E-state index is 13.2. The SMILES string of the molecule is COc1ccc(CCN(Cc2cc3c(C)ccc(C)c3[nH]c2=O)Cc2nnnn2C2CCCC2)cc1OC. The number of aryl methyl sites for hydroxylation is 2. The third-order valence-corrected chi connectivity index (χ3v) is 7.68. The van der Waals surface area contributed by atoms with Crippen LogP contribution < -0.4 is 15.0 Å². The number of rotatable bonds is 10. The number of fused-ring (bicyclic) bond motifs is 1. The Hall–Kier alpha value is -3.72. The minimum atomic E-state index is -0.0577. The first-order chi connectivity index (χ1) is 18.5.